The summed E-state index contributed by atoms with van der Waals surface area (Å²) in [7, 11) is 0. The number of nitrogens with zero attached hydrogens (tertiary/aromatic N) is 1. The van der Waals surface area contributed by atoms with E-state index in [1.807, 2.05) is 0 Å². The molecule has 2 unspecified atom stereocenters. The Morgan fingerprint density at radius 2 is 1.71 bits per heavy atom. The van der Waals surface area contributed by atoms with E-state index in [-0.39, 0.29) is 11.7 Å². The van der Waals surface area contributed by atoms with Crippen LogP contribution in [0.15, 0.2) is 0 Å². The van der Waals surface area contributed by atoms with Crippen LogP contribution in [0.3, 0.4) is 0 Å². The molecule has 82 valence electrons. The lowest BCUT2D eigenvalue weighted by molar-refractivity contribution is 0.0223. The molecule has 3 nitrogen and oxygen atoms in total. The van der Waals surface area contributed by atoms with Crippen molar-refractivity contribution in [3.63, 3.8) is 0 Å². The maximum absolute atomic E-state index is 6.48. The van der Waals surface area contributed by atoms with E-state index in [1.165, 1.54) is 32.1 Å². The van der Waals surface area contributed by atoms with Gasteiger partial charge in [0.2, 0.25) is 0 Å². The second-order valence-corrected chi connectivity index (χ2v) is 4.89. The van der Waals surface area contributed by atoms with Crippen LogP contribution in [0.5, 0.6) is 0 Å². The van der Waals surface area contributed by atoms with Crippen molar-refractivity contribution in [2.75, 3.05) is 13.1 Å². The van der Waals surface area contributed by atoms with Gasteiger partial charge in [-0.05, 0) is 38.8 Å². The van der Waals surface area contributed by atoms with Gasteiger partial charge in [0, 0.05) is 6.04 Å². The van der Waals surface area contributed by atoms with Gasteiger partial charge in [-0.25, -0.2) is 0 Å². The van der Waals surface area contributed by atoms with Crippen molar-refractivity contribution < 1.29 is 0 Å². The molecule has 0 radical (unpaired) electrons. The van der Waals surface area contributed by atoms with E-state index >= 15 is 0 Å². The molecule has 2 aliphatic rings. The molecule has 2 fully saturated rings. The van der Waals surface area contributed by atoms with Gasteiger partial charge in [0.15, 0.2) is 0 Å². The standard InChI is InChI=1S/C11H23N3/c12-10-6-2-3-7-11(10,13)14-8-4-1-5-9-14/h10H,1-9,12-13H2. The van der Waals surface area contributed by atoms with Crippen molar-refractivity contribution in [3.8, 4) is 0 Å². The molecule has 1 heterocycles. The highest BCUT2D eigenvalue weighted by Gasteiger charge is 2.40. The highest BCUT2D eigenvalue weighted by molar-refractivity contribution is 4.97. The molecular weight excluding hydrogens is 174 g/mol. The number of nitrogens with two attached hydrogens (primary N) is 2. The van der Waals surface area contributed by atoms with Crippen LogP contribution < -0.4 is 11.5 Å². The number of piperidine rings is 1. The maximum Gasteiger partial charge on any atom is 0.0842 e. The molecule has 1 saturated heterocycles. The first-order chi connectivity index (χ1) is 6.73. The Morgan fingerprint density at radius 3 is 2.36 bits per heavy atom. The van der Waals surface area contributed by atoms with E-state index in [1.54, 1.807) is 0 Å². The van der Waals surface area contributed by atoms with Gasteiger partial charge in [0.25, 0.3) is 0 Å². The highest BCUT2D eigenvalue weighted by Crippen LogP contribution is 2.30. The third-order valence-electron chi connectivity index (χ3n) is 3.93. The summed E-state index contributed by atoms with van der Waals surface area (Å²) in [5.74, 6) is 0. The van der Waals surface area contributed by atoms with Gasteiger partial charge >= 0.3 is 0 Å². The smallest absolute Gasteiger partial charge is 0.0842 e. The Bertz CT molecular complexity index is 189. The zero-order valence-electron chi connectivity index (χ0n) is 9.04. The molecule has 2 rings (SSSR count). The lowest BCUT2D eigenvalue weighted by Crippen LogP contribution is -2.68. The van der Waals surface area contributed by atoms with E-state index in [9.17, 15) is 0 Å². The highest BCUT2D eigenvalue weighted by atomic mass is 15.3. The van der Waals surface area contributed by atoms with Crippen LogP contribution >= 0.6 is 0 Å². The number of rotatable bonds is 1. The fourth-order valence-electron chi connectivity index (χ4n) is 2.91. The van der Waals surface area contributed by atoms with Gasteiger partial charge in [-0.2, -0.15) is 0 Å². The van der Waals surface area contributed by atoms with Crippen LogP contribution in [-0.2, 0) is 0 Å². The van der Waals surface area contributed by atoms with Crippen molar-refractivity contribution in [2.24, 2.45) is 11.5 Å². The van der Waals surface area contributed by atoms with Gasteiger partial charge in [0.1, 0.15) is 0 Å². The van der Waals surface area contributed by atoms with Crippen molar-refractivity contribution >= 4 is 0 Å². The van der Waals surface area contributed by atoms with Crippen LogP contribution in [0.1, 0.15) is 44.9 Å². The zero-order valence-corrected chi connectivity index (χ0v) is 9.04. The Hall–Kier alpha value is -0.120. The van der Waals surface area contributed by atoms with Crippen LogP contribution in [0.25, 0.3) is 0 Å². The molecule has 14 heavy (non-hydrogen) atoms. The molecule has 0 aromatic rings. The Balaban J connectivity index is 2.03. The van der Waals surface area contributed by atoms with Crippen molar-refractivity contribution in [1.82, 2.24) is 4.90 Å². The third kappa shape index (κ3) is 1.81. The molecule has 1 saturated carbocycles. The summed E-state index contributed by atoms with van der Waals surface area (Å²) in [6.45, 7) is 2.31. The van der Waals surface area contributed by atoms with Crippen LogP contribution in [0, 0.1) is 0 Å². The predicted octanol–water partition coefficient (Wildman–Crippen LogP) is 1.03. The fraction of sp³-hybridized carbons (Fsp3) is 1.00. The van der Waals surface area contributed by atoms with Crippen LogP contribution in [0.2, 0.25) is 0 Å². The SMILES string of the molecule is NC1CCCCC1(N)N1CCCCC1. The molecule has 1 aliphatic heterocycles. The summed E-state index contributed by atoms with van der Waals surface area (Å²) in [4.78, 5) is 2.44. The lowest BCUT2D eigenvalue weighted by atomic mass is 9.83. The van der Waals surface area contributed by atoms with Crippen molar-refractivity contribution in [1.29, 1.82) is 0 Å². The van der Waals surface area contributed by atoms with Crippen LogP contribution in [-0.4, -0.2) is 29.7 Å². The number of hydrogen-bond acceptors (Lipinski definition) is 3. The Kier molecular flexibility index (Phi) is 3.10. The Labute approximate surface area is 86.8 Å². The first kappa shape index (κ1) is 10.4. The molecule has 0 spiro atoms. The van der Waals surface area contributed by atoms with Crippen molar-refractivity contribution in [2.45, 2.75) is 56.7 Å². The fourth-order valence-corrected chi connectivity index (χ4v) is 2.91. The van der Waals surface area contributed by atoms with E-state index < -0.39 is 0 Å². The van der Waals surface area contributed by atoms with Crippen molar-refractivity contribution in [3.05, 3.63) is 0 Å². The maximum atomic E-state index is 6.48. The summed E-state index contributed by atoms with van der Waals surface area (Å²) in [5.41, 5.74) is 12.5. The molecule has 1 aliphatic carbocycles. The molecule has 4 N–H and O–H groups in total. The molecule has 2 atom stereocenters. The van der Waals surface area contributed by atoms with Gasteiger partial charge < -0.3 is 11.5 Å². The van der Waals surface area contributed by atoms with E-state index in [0.717, 1.165) is 25.9 Å². The molecule has 0 aromatic carbocycles. The molecule has 0 bridgehead atoms. The molecule has 0 aromatic heterocycles. The largest absolute Gasteiger partial charge is 0.325 e. The van der Waals surface area contributed by atoms with E-state index in [2.05, 4.69) is 4.90 Å². The van der Waals surface area contributed by atoms with Gasteiger partial charge in [-0.3, -0.25) is 4.90 Å². The average Bonchev–Trinajstić information content (AvgIpc) is 2.24. The second-order valence-electron chi connectivity index (χ2n) is 4.89. The summed E-state index contributed by atoms with van der Waals surface area (Å²) >= 11 is 0. The molecule has 3 heteroatoms. The van der Waals surface area contributed by atoms with Gasteiger partial charge in [0.05, 0.1) is 5.66 Å². The summed E-state index contributed by atoms with van der Waals surface area (Å²) < 4.78 is 0. The van der Waals surface area contributed by atoms with Gasteiger partial charge in [-0.15, -0.1) is 0 Å². The summed E-state index contributed by atoms with van der Waals surface area (Å²) in [6, 6.07) is 0.189. The topological polar surface area (TPSA) is 55.3 Å². The average molecular weight is 197 g/mol. The minimum atomic E-state index is -0.182. The zero-order chi connectivity index (χ0) is 10.0. The monoisotopic (exact) mass is 197 g/mol. The third-order valence-corrected chi connectivity index (χ3v) is 3.93. The Morgan fingerprint density at radius 1 is 1.00 bits per heavy atom. The minimum Gasteiger partial charge on any atom is -0.325 e. The minimum absolute atomic E-state index is 0.182. The predicted molar refractivity (Wildman–Crippen MR) is 58.8 cm³/mol. The number of likely N-dealkylation sites (tertiary alicyclic amines) is 1. The summed E-state index contributed by atoms with van der Waals surface area (Å²) in [5, 5.41) is 0. The molecular formula is C11H23N3. The van der Waals surface area contributed by atoms with Gasteiger partial charge in [-0.1, -0.05) is 19.3 Å². The first-order valence-electron chi connectivity index (χ1n) is 6.03. The van der Waals surface area contributed by atoms with E-state index in [0.29, 0.717) is 0 Å². The normalized spacial score (nSPS) is 41.1. The quantitative estimate of drug-likeness (QED) is 0.660. The number of hydrogen-bond donors (Lipinski definition) is 2. The first-order valence-corrected chi connectivity index (χ1v) is 6.03. The van der Waals surface area contributed by atoms with E-state index in [4.69, 9.17) is 11.5 Å². The lowest BCUT2D eigenvalue weighted by Gasteiger charge is -2.49. The second kappa shape index (κ2) is 4.17. The summed E-state index contributed by atoms with van der Waals surface area (Å²) in [6.07, 6.45) is 8.66. The molecule has 0 amide bonds. The van der Waals surface area contributed by atoms with Crippen LogP contribution in [0.4, 0.5) is 0 Å².